The Morgan fingerprint density at radius 2 is 1.82 bits per heavy atom. The van der Waals surface area contributed by atoms with Gasteiger partial charge in [-0.05, 0) is 11.0 Å². The lowest BCUT2D eigenvalue weighted by atomic mass is 9.69. The maximum absolute atomic E-state index is 13.0. The number of nitrogens with one attached hydrogen (secondary N) is 1. The minimum atomic E-state index is -1.21. The zero-order valence-corrected chi connectivity index (χ0v) is 13.2. The van der Waals surface area contributed by atoms with Gasteiger partial charge in [0.25, 0.3) is 5.91 Å². The van der Waals surface area contributed by atoms with Crippen molar-refractivity contribution in [3.05, 3.63) is 35.9 Å². The lowest BCUT2D eigenvalue weighted by molar-refractivity contribution is -0.146. The molecule has 0 radical (unpaired) electrons. The third-order valence-electron chi connectivity index (χ3n) is 3.95. The van der Waals surface area contributed by atoms with Crippen LogP contribution >= 0.6 is 0 Å². The summed E-state index contributed by atoms with van der Waals surface area (Å²) in [5.41, 5.74) is -1.10. The molecule has 118 valence electrons. The Labute approximate surface area is 129 Å². The number of benzene rings is 1. The number of imide groups is 1. The van der Waals surface area contributed by atoms with E-state index >= 15 is 0 Å². The van der Waals surface area contributed by atoms with Gasteiger partial charge in [0.05, 0.1) is 7.11 Å². The molecule has 1 N–H and O–H groups in total. The highest BCUT2D eigenvalue weighted by Crippen LogP contribution is 2.43. The highest BCUT2D eigenvalue weighted by Gasteiger charge is 2.59. The smallest absolute Gasteiger partial charge is 0.325 e. The number of ether oxygens (including phenoxy) is 1. The van der Waals surface area contributed by atoms with Crippen LogP contribution in [-0.4, -0.2) is 36.5 Å². The number of urea groups is 1. The van der Waals surface area contributed by atoms with E-state index in [9.17, 15) is 14.4 Å². The van der Waals surface area contributed by atoms with Crippen molar-refractivity contribution in [1.82, 2.24) is 10.2 Å². The molecule has 0 aromatic heterocycles. The van der Waals surface area contributed by atoms with E-state index in [2.05, 4.69) is 10.1 Å². The summed E-state index contributed by atoms with van der Waals surface area (Å²) < 4.78 is 4.56. The predicted octanol–water partition coefficient (Wildman–Crippen LogP) is 1.65. The van der Waals surface area contributed by atoms with Crippen LogP contribution in [0, 0.1) is 5.41 Å². The van der Waals surface area contributed by atoms with Crippen molar-refractivity contribution in [2.75, 3.05) is 13.7 Å². The molecule has 1 atom stereocenters. The van der Waals surface area contributed by atoms with Crippen molar-refractivity contribution < 1.29 is 19.1 Å². The van der Waals surface area contributed by atoms with E-state index in [1.54, 1.807) is 12.1 Å². The maximum Gasteiger partial charge on any atom is 0.325 e. The molecule has 1 heterocycles. The number of hydrogen-bond donors (Lipinski definition) is 1. The van der Waals surface area contributed by atoms with Gasteiger partial charge >= 0.3 is 12.0 Å². The summed E-state index contributed by atoms with van der Waals surface area (Å²) in [6.07, 6.45) is 0. The summed E-state index contributed by atoms with van der Waals surface area (Å²) in [6, 6.07) is 8.47. The first kappa shape index (κ1) is 16.0. The Kier molecular flexibility index (Phi) is 3.96. The van der Waals surface area contributed by atoms with Crippen molar-refractivity contribution in [3.63, 3.8) is 0 Å². The second-order valence-electron chi connectivity index (χ2n) is 6.26. The normalized spacial score (nSPS) is 21.7. The molecule has 1 aliphatic heterocycles. The molecule has 2 rings (SSSR count). The minimum absolute atomic E-state index is 0.397. The summed E-state index contributed by atoms with van der Waals surface area (Å²) in [7, 11) is 1.22. The molecule has 1 aromatic rings. The van der Waals surface area contributed by atoms with Gasteiger partial charge in [-0.1, -0.05) is 51.1 Å². The summed E-state index contributed by atoms with van der Waals surface area (Å²) in [5, 5.41) is 2.78. The molecule has 0 bridgehead atoms. The molecule has 22 heavy (non-hydrogen) atoms. The minimum Gasteiger partial charge on any atom is -0.468 e. The van der Waals surface area contributed by atoms with Gasteiger partial charge in [0.1, 0.15) is 6.54 Å². The van der Waals surface area contributed by atoms with E-state index in [1.807, 2.05) is 39.0 Å². The van der Waals surface area contributed by atoms with E-state index in [0.717, 1.165) is 4.90 Å². The quantitative estimate of drug-likeness (QED) is 0.680. The van der Waals surface area contributed by atoms with Gasteiger partial charge in [0, 0.05) is 0 Å². The van der Waals surface area contributed by atoms with Crippen LogP contribution in [0.25, 0.3) is 0 Å². The molecule has 6 nitrogen and oxygen atoms in total. The first-order valence-corrected chi connectivity index (χ1v) is 7.00. The fraction of sp³-hybridized carbons (Fsp3) is 0.438. The average molecular weight is 304 g/mol. The highest BCUT2D eigenvalue weighted by molar-refractivity contribution is 6.09. The van der Waals surface area contributed by atoms with E-state index < -0.39 is 35.4 Å². The summed E-state index contributed by atoms with van der Waals surface area (Å²) in [6.45, 7) is 5.23. The fourth-order valence-corrected chi connectivity index (χ4v) is 2.74. The van der Waals surface area contributed by atoms with Gasteiger partial charge in [0.2, 0.25) is 0 Å². The summed E-state index contributed by atoms with van der Waals surface area (Å²) in [5.74, 6) is -1.08. The predicted molar refractivity (Wildman–Crippen MR) is 79.8 cm³/mol. The number of rotatable bonds is 3. The zero-order valence-electron chi connectivity index (χ0n) is 13.2. The Hall–Kier alpha value is -2.37. The molecule has 6 heteroatoms. The molecule has 0 saturated carbocycles. The largest absolute Gasteiger partial charge is 0.468 e. The second-order valence-corrected chi connectivity index (χ2v) is 6.26. The Balaban J connectivity index is 2.51. The Morgan fingerprint density at radius 1 is 1.23 bits per heavy atom. The molecule has 1 saturated heterocycles. The Bertz CT molecular complexity index is 606. The lowest BCUT2D eigenvalue weighted by Crippen LogP contribution is -2.54. The SMILES string of the molecule is COC(=O)CN1C(=O)NC(c2ccccc2)(C(C)(C)C)C1=O. The fourth-order valence-electron chi connectivity index (χ4n) is 2.74. The number of methoxy groups -OCH3 is 1. The lowest BCUT2D eigenvalue weighted by Gasteiger charge is -2.39. The third kappa shape index (κ3) is 2.34. The molecule has 0 spiro atoms. The van der Waals surface area contributed by atoms with Crippen LogP contribution in [0.5, 0.6) is 0 Å². The van der Waals surface area contributed by atoms with Gasteiger partial charge in [-0.15, -0.1) is 0 Å². The first-order chi connectivity index (χ1) is 10.2. The first-order valence-electron chi connectivity index (χ1n) is 7.00. The van der Waals surface area contributed by atoms with E-state index in [1.165, 1.54) is 7.11 Å². The van der Waals surface area contributed by atoms with Crippen molar-refractivity contribution in [2.24, 2.45) is 5.41 Å². The topological polar surface area (TPSA) is 75.7 Å². The van der Waals surface area contributed by atoms with Crippen molar-refractivity contribution >= 4 is 17.9 Å². The monoisotopic (exact) mass is 304 g/mol. The number of amides is 3. The Morgan fingerprint density at radius 3 is 2.32 bits per heavy atom. The van der Waals surface area contributed by atoms with Crippen LogP contribution in [0.4, 0.5) is 4.79 Å². The van der Waals surface area contributed by atoms with E-state index in [-0.39, 0.29) is 0 Å². The van der Waals surface area contributed by atoms with Gasteiger partial charge in [0.15, 0.2) is 5.54 Å². The number of carbonyl (C=O) groups excluding carboxylic acids is 3. The van der Waals surface area contributed by atoms with Gasteiger partial charge in [-0.3, -0.25) is 14.5 Å². The molecule has 1 aliphatic rings. The van der Waals surface area contributed by atoms with Crippen LogP contribution in [0.2, 0.25) is 0 Å². The molecule has 1 fully saturated rings. The zero-order chi connectivity index (χ0) is 16.5. The molecular weight excluding hydrogens is 284 g/mol. The molecule has 1 unspecified atom stereocenters. The molecular formula is C16H20N2O4. The molecule has 0 aliphatic carbocycles. The highest BCUT2D eigenvalue weighted by atomic mass is 16.5. The van der Waals surface area contributed by atoms with Crippen molar-refractivity contribution in [3.8, 4) is 0 Å². The number of esters is 1. The van der Waals surface area contributed by atoms with Crippen molar-refractivity contribution in [2.45, 2.75) is 26.3 Å². The van der Waals surface area contributed by atoms with Crippen LogP contribution in [0.3, 0.4) is 0 Å². The molecule has 1 aromatic carbocycles. The van der Waals surface area contributed by atoms with Gasteiger partial charge in [-0.25, -0.2) is 4.79 Å². The number of hydrogen-bond acceptors (Lipinski definition) is 4. The van der Waals surface area contributed by atoms with Crippen LogP contribution in [-0.2, 0) is 19.9 Å². The van der Waals surface area contributed by atoms with E-state index in [4.69, 9.17) is 0 Å². The number of carbonyl (C=O) groups is 3. The van der Waals surface area contributed by atoms with Crippen LogP contribution in [0.1, 0.15) is 26.3 Å². The summed E-state index contributed by atoms with van der Waals surface area (Å²) in [4.78, 5) is 37.6. The number of nitrogens with zero attached hydrogens (tertiary/aromatic N) is 1. The van der Waals surface area contributed by atoms with Crippen LogP contribution in [0.15, 0.2) is 30.3 Å². The third-order valence-corrected chi connectivity index (χ3v) is 3.95. The standard InChI is InChI=1S/C16H20N2O4/c1-15(2,3)16(11-8-6-5-7-9-11)13(20)18(14(21)17-16)10-12(19)22-4/h5-9H,10H2,1-4H3,(H,17,21). The molecule has 3 amide bonds. The van der Waals surface area contributed by atoms with Crippen molar-refractivity contribution in [1.29, 1.82) is 0 Å². The van der Waals surface area contributed by atoms with Gasteiger partial charge in [-0.2, -0.15) is 0 Å². The maximum atomic E-state index is 13.0. The second kappa shape index (κ2) is 5.44. The summed E-state index contributed by atoms with van der Waals surface area (Å²) >= 11 is 0. The van der Waals surface area contributed by atoms with Crippen LogP contribution < -0.4 is 5.32 Å². The van der Waals surface area contributed by atoms with E-state index in [0.29, 0.717) is 5.56 Å². The van der Waals surface area contributed by atoms with Gasteiger partial charge < -0.3 is 10.1 Å². The average Bonchev–Trinajstić information content (AvgIpc) is 2.73.